The van der Waals surface area contributed by atoms with Gasteiger partial charge in [-0.25, -0.2) is 14.4 Å². The third kappa shape index (κ3) is 45.9. The van der Waals surface area contributed by atoms with E-state index in [-0.39, 0.29) is 19.8 Å². The Balaban J connectivity index is -0.0000000976. The molecular formula is C21H42N2O9. The molecule has 0 spiro atoms. The smallest absolute Gasteiger partial charge is 0.327 e. The fourth-order valence-corrected chi connectivity index (χ4v) is 1.13. The first-order chi connectivity index (χ1) is 15.0. The molecule has 0 heterocycles. The number of nitrogens with two attached hydrogens (primary N) is 2. The van der Waals surface area contributed by atoms with Gasteiger partial charge in [-0.1, -0.05) is 39.5 Å². The second-order valence-electron chi connectivity index (χ2n) is 5.95. The van der Waals surface area contributed by atoms with Gasteiger partial charge in [0.15, 0.2) is 0 Å². The van der Waals surface area contributed by atoms with E-state index < -0.39 is 23.3 Å². The Bertz CT molecular complexity index is 414. The molecule has 0 saturated carbocycles. The number of hydrogen-bond donors (Lipinski definition) is 8. The monoisotopic (exact) mass is 466 g/mol. The van der Waals surface area contributed by atoms with E-state index in [2.05, 4.69) is 19.7 Å². The normalized spacial score (nSPS) is 8.81. The van der Waals surface area contributed by atoms with Gasteiger partial charge in [0.05, 0.1) is 19.8 Å². The molecule has 0 radical (unpaired) electrons. The Morgan fingerprint density at radius 1 is 0.688 bits per heavy atom. The number of rotatable bonds is 12. The van der Waals surface area contributed by atoms with E-state index in [1.807, 2.05) is 6.92 Å². The van der Waals surface area contributed by atoms with Crippen molar-refractivity contribution in [1.82, 2.24) is 0 Å². The highest BCUT2D eigenvalue weighted by Gasteiger charge is 2.24. The van der Waals surface area contributed by atoms with Gasteiger partial charge < -0.3 is 42.1 Å². The summed E-state index contributed by atoms with van der Waals surface area (Å²) in [6.45, 7) is 11.9. The number of carboxylic acid groups (broad SMARTS) is 3. The zero-order chi connectivity index (χ0) is 26.4. The second-order valence-corrected chi connectivity index (χ2v) is 5.95. The average molecular weight is 467 g/mol. The van der Waals surface area contributed by atoms with Gasteiger partial charge in [-0.2, -0.15) is 0 Å². The molecule has 0 aliphatic rings. The Morgan fingerprint density at radius 2 is 0.906 bits per heavy atom. The van der Waals surface area contributed by atoms with Gasteiger partial charge in [0.1, 0.15) is 0 Å². The Labute approximate surface area is 190 Å². The van der Waals surface area contributed by atoms with Crippen LogP contribution in [-0.4, -0.2) is 81.5 Å². The second kappa shape index (κ2) is 33.1. The molecule has 0 amide bonds. The summed E-state index contributed by atoms with van der Waals surface area (Å²) in [5.41, 5.74) is 9.89. The maximum absolute atomic E-state index is 9.25. The van der Waals surface area contributed by atoms with Crippen molar-refractivity contribution in [3.8, 4) is 0 Å². The van der Waals surface area contributed by atoms with Gasteiger partial charge in [-0.15, -0.1) is 0 Å². The summed E-state index contributed by atoms with van der Waals surface area (Å²) in [7, 11) is 0. The molecule has 0 bridgehead atoms. The van der Waals surface area contributed by atoms with Gasteiger partial charge in [-0.3, -0.25) is 0 Å². The molecule has 0 atom stereocenters. The van der Waals surface area contributed by atoms with E-state index in [1.165, 1.54) is 12.8 Å². The maximum Gasteiger partial charge on any atom is 0.327 e. The summed E-state index contributed by atoms with van der Waals surface area (Å²) in [4.78, 5) is 27.8. The van der Waals surface area contributed by atoms with E-state index >= 15 is 0 Å². The molecule has 190 valence electrons. The van der Waals surface area contributed by atoms with Crippen LogP contribution in [0.2, 0.25) is 0 Å². The summed E-state index contributed by atoms with van der Waals surface area (Å²) >= 11 is 0. The van der Waals surface area contributed by atoms with Crippen LogP contribution in [0.4, 0.5) is 0 Å². The minimum atomic E-state index is -0.981. The molecular weight excluding hydrogens is 424 g/mol. The van der Waals surface area contributed by atoms with Crippen LogP contribution in [0.5, 0.6) is 0 Å². The quantitative estimate of drug-likeness (QED) is 0.147. The minimum absolute atomic E-state index is 0.156. The molecule has 32 heavy (non-hydrogen) atoms. The number of aliphatic carboxylic acids is 3. The van der Waals surface area contributed by atoms with Crippen LogP contribution in [-0.2, 0) is 14.4 Å². The van der Waals surface area contributed by atoms with Crippen LogP contribution < -0.4 is 11.5 Å². The first-order valence-electron chi connectivity index (χ1n) is 9.76. The predicted octanol–water partition coefficient (Wildman–Crippen LogP) is 0.595. The van der Waals surface area contributed by atoms with Crippen LogP contribution in [0.1, 0.15) is 39.0 Å². The summed E-state index contributed by atoms with van der Waals surface area (Å²) in [5.74, 6) is -2.94. The summed E-state index contributed by atoms with van der Waals surface area (Å²) in [6, 6.07) is 0. The van der Waals surface area contributed by atoms with Gasteiger partial charge in [-0.05, 0) is 32.4 Å². The van der Waals surface area contributed by atoms with E-state index in [9.17, 15) is 14.4 Å². The molecule has 10 N–H and O–H groups in total. The SMILES string of the molecule is C=CC(=O)O.C=CC(=O)O.C=CC(=O)O.CCC(CO)(CO)CO.NCCCCCCN. The van der Waals surface area contributed by atoms with Crippen molar-refractivity contribution in [1.29, 1.82) is 0 Å². The van der Waals surface area contributed by atoms with E-state index in [1.54, 1.807) is 0 Å². The lowest BCUT2D eigenvalue weighted by molar-refractivity contribution is -0.132. The molecule has 0 fully saturated rings. The number of aliphatic hydroxyl groups is 3. The molecule has 0 aliphatic heterocycles. The summed E-state index contributed by atoms with van der Waals surface area (Å²) in [5, 5.41) is 48.8. The van der Waals surface area contributed by atoms with Crippen molar-refractivity contribution in [2.45, 2.75) is 39.0 Å². The van der Waals surface area contributed by atoms with Crippen molar-refractivity contribution in [3.63, 3.8) is 0 Å². The van der Waals surface area contributed by atoms with Crippen molar-refractivity contribution in [3.05, 3.63) is 38.0 Å². The number of carbonyl (C=O) groups is 3. The minimum Gasteiger partial charge on any atom is -0.478 e. The van der Waals surface area contributed by atoms with Gasteiger partial charge in [0.2, 0.25) is 0 Å². The number of hydrogen-bond acceptors (Lipinski definition) is 8. The molecule has 11 heteroatoms. The number of aliphatic hydroxyl groups excluding tert-OH is 3. The van der Waals surface area contributed by atoms with Crippen molar-refractivity contribution < 1.29 is 45.0 Å². The van der Waals surface area contributed by atoms with Gasteiger partial charge >= 0.3 is 17.9 Å². The van der Waals surface area contributed by atoms with Crippen LogP contribution >= 0.6 is 0 Å². The highest BCUT2D eigenvalue weighted by atomic mass is 16.4. The third-order valence-corrected chi connectivity index (χ3v) is 3.44. The van der Waals surface area contributed by atoms with E-state index in [0.29, 0.717) is 6.42 Å². The predicted molar refractivity (Wildman–Crippen MR) is 124 cm³/mol. The van der Waals surface area contributed by atoms with E-state index in [4.69, 9.17) is 42.1 Å². The fraction of sp³-hybridized carbons (Fsp3) is 0.571. The van der Waals surface area contributed by atoms with Crippen LogP contribution in [0.15, 0.2) is 38.0 Å². The van der Waals surface area contributed by atoms with Gasteiger partial charge in [0.25, 0.3) is 0 Å². The zero-order valence-electron chi connectivity index (χ0n) is 19.0. The molecule has 0 aliphatic carbocycles. The maximum atomic E-state index is 9.25. The Kier molecular flexibility index (Phi) is 41.2. The Morgan fingerprint density at radius 3 is 0.969 bits per heavy atom. The number of unbranched alkanes of at least 4 members (excludes halogenated alkanes) is 3. The summed E-state index contributed by atoms with van der Waals surface area (Å²) in [6.07, 6.45) is 7.89. The average Bonchev–Trinajstić information content (AvgIpc) is 2.80. The van der Waals surface area contributed by atoms with Crippen LogP contribution in [0, 0.1) is 5.41 Å². The highest BCUT2D eigenvalue weighted by molar-refractivity contribution is 5.79. The lowest BCUT2D eigenvalue weighted by atomic mass is 9.88. The zero-order valence-corrected chi connectivity index (χ0v) is 19.0. The largest absolute Gasteiger partial charge is 0.478 e. The molecule has 11 nitrogen and oxygen atoms in total. The Hall–Kier alpha value is -2.57. The lowest BCUT2D eigenvalue weighted by Crippen LogP contribution is -2.32. The van der Waals surface area contributed by atoms with Crippen molar-refractivity contribution in [2.24, 2.45) is 16.9 Å². The first-order valence-corrected chi connectivity index (χ1v) is 9.76. The molecule has 0 aromatic rings. The molecule has 0 aromatic carbocycles. The topological polar surface area (TPSA) is 225 Å². The van der Waals surface area contributed by atoms with Crippen LogP contribution in [0.3, 0.4) is 0 Å². The number of carboxylic acids is 3. The lowest BCUT2D eigenvalue weighted by Gasteiger charge is -2.24. The third-order valence-electron chi connectivity index (χ3n) is 3.44. The highest BCUT2D eigenvalue weighted by Crippen LogP contribution is 2.18. The standard InChI is InChI=1S/C6H16N2.C6H14O3.3C3H4O2/c7-5-3-1-2-4-6-8;1-2-6(3-7,4-8)5-9;3*1-2-3(4)5/h1-8H2;7-9H,2-5H2,1H3;3*2H,1H2,(H,4,5). The first kappa shape index (κ1) is 39.9. The van der Waals surface area contributed by atoms with Crippen molar-refractivity contribution >= 4 is 17.9 Å². The van der Waals surface area contributed by atoms with Crippen molar-refractivity contribution in [2.75, 3.05) is 32.9 Å². The molecule has 0 aromatic heterocycles. The molecule has 0 unspecified atom stereocenters. The summed E-state index contributed by atoms with van der Waals surface area (Å²) < 4.78 is 0. The fourth-order valence-electron chi connectivity index (χ4n) is 1.13. The van der Waals surface area contributed by atoms with Gasteiger partial charge in [0, 0.05) is 23.6 Å². The van der Waals surface area contributed by atoms with E-state index in [0.717, 1.165) is 44.2 Å². The molecule has 0 saturated heterocycles. The van der Waals surface area contributed by atoms with Crippen LogP contribution in [0.25, 0.3) is 0 Å². The molecule has 0 rings (SSSR count).